The summed E-state index contributed by atoms with van der Waals surface area (Å²) in [5.74, 6) is -0.966. The Labute approximate surface area is 407 Å². The molecule has 0 aliphatic rings. The number of ether oxygens (including phenoxy) is 3. The number of carbonyl (C=O) groups is 3. The molecule has 0 amide bonds. The van der Waals surface area contributed by atoms with Crippen LogP contribution in [0, 0.1) is 0 Å². The number of unbranched alkanes of at least 4 members (excludes halogenated alkanes) is 21. The van der Waals surface area contributed by atoms with Crippen LogP contribution in [-0.2, 0) is 28.6 Å². The molecule has 66 heavy (non-hydrogen) atoms. The van der Waals surface area contributed by atoms with Gasteiger partial charge in [0.2, 0.25) is 0 Å². The maximum atomic E-state index is 12.8. The molecular weight excluding hydrogens is 817 g/mol. The van der Waals surface area contributed by atoms with Crippen molar-refractivity contribution in [3.63, 3.8) is 0 Å². The normalized spacial score (nSPS) is 12.8. The molecule has 0 unspecified atom stereocenters. The fourth-order valence-electron chi connectivity index (χ4n) is 7.17. The van der Waals surface area contributed by atoms with Crippen molar-refractivity contribution in [1.29, 1.82) is 0 Å². The molecular formula is C60H100O6. The zero-order valence-electron chi connectivity index (χ0n) is 42.9. The van der Waals surface area contributed by atoms with Crippen molar-refractivity contribution in [3.8, 4) is 0 Å². The fraction of sp³-hybridized carbons (Fsp3) is 0.683. The summed E-state index contributed by atoms with van der Waals surface area (Å²) in [6.07, 6.45) is 71.0. The lowest BCUT2D eigenvalue weighted by atomic mass is 10.1. The second kappa shape index (κ2) is 53.9. The number of allylic oxidation sites excluding steroid dienone is 16. The van der Waals surface area contributed by atoms with E-state index in [-0.39, 0.29) is 37.5 Å². The number of hydrogen-bond donors (Lipinski definition) is 0. The van der Waals surface area contributed by atoms with Crippen LogP contribution in [0.3, 0.4) is 0 Å². The highest BCUT2D eigenvalue weighted by atomic mass is 16.6. The van der Waals surface area contributed by atoms with Crippen LogP contribution < -0.4 is 0 Å². The quantitative estimate of drug-likeness (QED) is 0.0262. The minimum Gasteiger partial charge on any atom is -0.462 e. The summed E-state index contributed by atoms with van der Waals surface area (Å²) in [6, 6.07) is 0. The Bertz CT molecular complexity index is 1330. The van der Waals surface area contributed by atoms with Gasteiger partial charge in [-0.25, -0.2) is 0 Å². The van der Waals surface area contributed by atoms with E-state index in [9.17, 15) is 14.4 Å². The fourth-order valence-corrected chi connectivity index (χ4v) is 7.17. The highest BCUT2D eigenvalue weighted by Gasteiger charge is 2.19. The third-order valence-corrected chi connectivity index (χ3v) is 11.3. The molecule has 0 aromatic rings. The van der Waals surface area contributed by atoms with E-state index in [1.165, 1.54) is 96.3 Å². The topological polar surface area (TPSA) is 78.9 Å². The Morgan fingerprint density at radius 2 is 0.545 bits per heavy atom. The summed E-state index contributed by atoms with van der Waals surface area (Å²) in [5.41, 5.74) is 0. The van der Waals surface area contributed by atoms with Crippen molar-refractivity contribution < 1.29 is 28.6 Å². The molecule has 1 atom stereocenters. The first-order valence-electron chi connectivity index (χ1n) is 27.2. The Morgan fingerprint density at radius 1 is 0.303 bits per heavy atom. The molecule has 0 saturated carbocycles. The minimum atomic E-state index is -0.806. The van der Waals surface area contributed by atoms with Crippen molar-refractivity contribution in [1.82, 2.24) is 0 Å². The van der Waals surface area contributed by atoms with Gasteiger partial charge in [0.15, 0.2) is 6.10 Å². The van der Waals surface area contributed by atoms with Crippen LogP contribution in [-0.4, -0.2) is 37.2 Å². The van der Waals surface area contributed by atoms with Gasteiger partial charge in [-0.3, -0.25) is 14.4 Å². The molecule has 0 heterocycles. The average Bonchev–Trinajstić information content (AvgIpc) is 3.31. The van der Waals surface area contributed by atoms with Gasteiger partial charge >= 0.3 is 17.9 Å². The Morgan fingerprint density at radius 3 is 0.879 bits per heavy atom. The Hall–Kier alpha value is -3.67. The first-order valence-corrected chi connectivity index (χ1v) is 27.2. The van der Waals surface area contributed by atoms with Gasteiger partial charge < -0.3 is 14.2 Å². The molecule has 0 aromatic carbocycles. The lowest BCUT2D eigenvalue weighted by Gasteiger charge is -2.18. The van der Waals surface area contributed by atoms with Gasteiger partial charge in [0, 0.05) is 19.3 Å². The van der Waals surface area contributed by atoms with E-state index < -0.39 is 6.10 Å². The van der Waals surface area contributed by atoms with E-state index >= 15 is 0 Å². The summed E-state index contributed by atoms with van der Waals surface area (Å²) in [5, 5.41) is 0. The van der Waals surface area contributed by atoms with Crippen LogP contribution in [0.2, 0.25) is 0 Å². The predicted octanol–water partition coefficient (Wildman–Crippen LogP) is 18.1. The largest absolute Gasteiger partial charge is 0.462 e. The van der Waals surface area contributed by atoms with Gasteiger partial charge in [-0.15, -0.1) is 0 Å². The van der Waals surface area contributed by atoms with E-state index in [2.05, 4.69) is 118 Å². The highest BCUT2D eigenvalue weighted by Crippen LogP contribution is 2.13. The smallest absolute Gasteiger partial charge is 0.306 e. The first-order chi connectivity index (χ1) is 32.5. The Kier molecular flexibility index (Phi) is 50.9. The van der Waals surface area contributed by atoms with Crippen molar-refractivity contribution >= 4 is 17.9 Å². The zero-order valence-corrected chi connectivity index (χ0v) is 42.9. The van der Waals surface area contributed by atoms with Gasteiger partial charge in [-0.1, -0.05) is 214 Å². The first kappa shape index (κ1) is 62.3. The van der Waals surface area contributed by atoms with Crippen molar-refractivity contribution in [2.75, 3.05) is 13.2 Å². The van der Waals surface area contributed by atoms with E-state index in [4.69, 9.17) is 14.2 Å². The third kappa shape index (κ3) is 51.3. The van der Waals surface area contributed by atoms with E-state index in [0.717, 1.165) is 109 Å². The number of esters is 3. The molecule has 0 N–H and O–H groups in total. The molecule has 6 heteroatoms. The van der Waals surface area contributed by atoms with Crippen LogP contribution in [0.4, 0.5) is 0 Å². The molecule has 0 spiro atoms. The average molecular weight is 917 g/mol. The number of rotatable bonds is 48. The van der Waals surface area contributed by atoms with Gasteiger partial charge in [0.1, 0.15) is 13.2 Å². The highest BCUT2D eigenvalue weighted by molar-refractivity contribution is 5.71. The van der Waals surface area contributed by atoms with E-state index in [0.29, 0.717) is 12.8 Å². The van der Waals surface area contributed by atoms with Crippen molar-refractivity contribution in [3.05, 3.63) is 97.2 Å². The standard InChI is InChI=1S/C60H100O6/c1-4-7-10-13-16-19-22-24-26-28-30-32-34-36-38-41-44-47-50-53-59(62)65-56-57(55-64-58(61)52-49-46-43-40-21-18-15-12-9-6-3)66-60(63)54-51-48-45-42-39-37-35-33-31-29-27-25-23-20-17-14-11-8-5-2/h16-17,19-20,24-27,30-33,36-39,57H,4-15,18,21-23,28-29,34-35,40-56H2,1-3H3/b19-16-,20-17-,26-24-,27-25-,32-30-,33-31-,38-36-,39-37-/t57-/m1/s1. The van der Waals surface area contributed by atoms with Gasteiger partial charge in [-0.2, -0.15) is 0 Å². The van der Waals surface area contributed by atoms with Gasteiger partial charge in [-0.05, 0) is 109 Å². The lowest BCUT2D eigenvalue weighted by molar-refractivity contribution is -0.167. The van der Waals surface area contributed by atoms with Crippen molar-refractivity contribution in [2.45, 2.75) is 252 Å². The monoisotopic (exact) mass is 917 g/mol. The molecule has 6 nitrogen and oxygen atoms in total. The molecule has 0 saturated heterocycles. The maximum absolute atomic E-state index is 12.8. The third-order valence-electron chi connectivity index (χ3n) is 11.3. The second-order valence-electron chi connectivity index (χ2n) is 17.8. The minimum absolute atomic E-state index is 0.100. The van der Waals surface area contributed by atoms with Crippen LogP contribution in [0.1, 0.15) is 245 Å². The van der Waals surface area contributed by atoms with Crippen molar-refractivity contribution in [2.24, 2.45) is 0 Å². The summed E-state index contributed by atoms with van der Waals surface area (Å²) in [7, 11) is 0. The van der Waals surface area contributed by atoms with E-state index in [1.807, 2.05) is 0 Å². The lowest BCUT2D eigenvalue weighted by Crippen LogP contribution is -2.30. The summed E-state index contributed by atoms with van der Waals surface area (Å²) < 4.78 is 16.8. The molecule has 0 bridgehead atoms. The molecule has 376 valence electrons. The maximum Gasteiger partial charge on any atom is 0.306 e. The summed E-state index contributed by atoms with van der Waals surface area (Å²) >= 11 is 0. The molecule has 0 rings (SSSR count). The molecule has 0 aliphatic carbocycles. The van der Waals surface area contributed by atoms with Crippen LogP contribution in [0.15, 0.2) is 97.2 Å². The summed E-state index contributed by atoms with van der Waals surface area (Å²) in [4.78, 5) is 38.0. The van der Waals surface area contributed by atoms with Crippen LogP contribution >= 0.6 is 0 Å². The predicted molar refractivity (Wildman–Crippen MR) is 284 cm³/mol. The van der Waals surface area contributed by atoms with Crippen LogP contribution in [0.5, 0.6) is 0 Å². The molecule has 0 aromatic heterocycles. The molecule has 0 radical (unpaired) electrons. The SMILES string of the molecule is CCCCC/C=C\C/C=C\C/C=C\C/C=C\CCCCCC(=O)OC[C@@H](COC(=O)CCCCCCCCCCCC)OC(=O)CCCCC/C=C\C/C=C\C/C=C\C/C=C\CCCCC. The Balaban J connectivity index is 4.47. The van der Waals surface area contributed by atoms with Crippen LogP contribution in [0.25, 0.3) is 0 Å². The number of carbonyl (C=O) groups excluding carboxylic acids is 3. The zero-order chi connectivity index (χ0) is 47.9. The summed E-state index contributed by atoms with van der Waals surface area (Å²) in [6.45, 7) is 6.51. The number of hydrogen-bond acceptors (Lipinski definition) is 6. The van der Waals surface area contributed by atoms with Gasteiger partial charge in [0.25, 0.3) is 0 Å². The molecule has 0 aliphatic heterocycles. The van der Waals surface area contributed by atoms with Gasteiger partial charge in [0.05, 0.1) is 0 Å². The second-order valence-corrected chi connectivity index (χ2v) is 17.8. The van der Waals surface area contributed by atoms with E-state index in [1.54, 1.807) is 0 Å². The molecule has 0 fully saturated rings.